The number of carbonyl (C=O) groups excluding carboxylic acids is 3. The number of likely N-dealkylation sites (tertiary alicyclic amines) is 1. The van der Waals surface area contributed by atoms with Crippen molar-refractivity contribution in [2.24, 2.45) is 14.1 Å². The predicted octanol–water partition coefficient (Wildman–Crippen LogP) is 8.40. The number of phenols is 1. The van der Waals surface area contributed by atoms with Crippen LogP contribution in [0.5, 0.6) is 11.5 Å². The van der Waals surface area contributed by atoms with Gasteiger partial charge < -0.3 is 38.4 Å². The Labute approximate surface area is 434 Å². The molecule has 3 amide bonds. The van der Waals surface area contributed by atoms with Crippen molar-refractivity contribution in [2.75, 3.05) is 70.5 Å². The summed E-state index contributed by atoms with van der Waals surface area (Å²) >= 11 is 0. The molecule has 2 aromatic heterocycles. The van der Waals surface area contributed by atoms with Crippen molar-refractivity contribution < 1.29 is 29.0 Å². The van der Waals surface area contributed by atoms with Crippen molar-refractivity contribution >= 4 is 29.1 Å². The molecule has 0 aliphatic carbocycles. The molecule has 14 nitrogen and oxygen atoms in total. The van der Waals surface area contributed by atoms with E-state index in [1.165, 1.54) is 12.0 Å². The summed E-state index contributed by atoms with van der Waals surface area (Å²) in [6.45, 7) is 14.8. The summed E-state index contributed by atoms with van der Waals surface area (Å²) in [6, 6.07) is 30.9. The van der Waals surface area contributed by atoms with E-state index in [2.05, 4.69) is 45.0 Å². The maximum atomic E-state index is 15.8. The third-order valence-corrected chi connectivity index (χ3v) is 16.1. The number of anilines is 2. The van der Waals surface area contributed by atoms with Crippen LogP contribution in [0.2, 0.25) is 0 Å². The van der Waals surface area contributed by atoms with E-state index >= 15 is 9.59 Å². The number of phenolic OH excluding ortho intramolecular Hbond substituents is 1. The Kier molecular flexibility index (Phi) is 14.8. The fourth-order valence-corrected chi connectivity index (χ4v) is 11.4. The zero-order valence-electron chi connectivity index (χ0n) is 43.5. The highest BCUT2D eigenvalue weighted by Gasteiger charge is 2.36. The highest BCUT2D eigenvalue weighted by atomic mass is 16.5. The van der Waals surface area contributed by atoms with Gasteiger partial charge in [0.15, 0.2) is 0 Å². The van der Waals surface area contributed by atoms with Crippen LogP contribution in [0.15, 0.2) is 91.0 Å². The van der Waals surface area contributed by atoms with Gasteiger partial charge in [-0.15, -0.1) is 0 Å². The van der Waals surface area contributed by atoms with Crippen LogP contribution in [0.4, 0.5) is 11.4 Å². The smallest absolute Gasteiger partial charge is 0.264 e. The van der Waals surface area contributed by atoms with Gasteiger partial charge >= 0.3 is 0 Å². The first-order valence-corrected chi connectivity index (χ1v) is 26.3. The van der Waals surface area contributed by atoms with Crippen molar-refractivity contribution in [1.29, 1.82) is 5.26 Å². The van der Waals surface area contributed by atoms with Crippen LogP contribution in [0.25, 0.3) is 11.3 Å². The maximum absolute atomic E-state index is 15.8. The Bertz CT molecular complexity index is 3120. The molecule has 4 aliphatic rings. The lowest BCUT2D eigenvalue weighted by atomic mass is 9.89. The number of ether oxygens (including phenoxy) is 2. The molecule has 10 rings (SSSR count). The summed E-state index contributed by atoms with van der Waals surface area (Å²) in [7, 11) is 3.74. The molecular weight excluding hydrogens is 929 g/mol. The van der Waals surface area contributed by atoms with Crippen LogP contribution in [0.3, 0.4) is 0 Å². The molecule has 0 bridgehead atoms. The zero-order chi connectivity index (χ0) is 51.6. The number of morpholine rings is 1. The van der Waals surface area contributed by atoms with E-state index < -0.39 is 0 Å². The first kappa shape index (κ1) is 50.4. The normalized spacial score (nSPS) is 17.1. The van der Waals surface area contributed by atoms with E-state index in [4.69, 9.17) is 9.47 Å². The third-order valence-electron chi connectivity index (χ3n) is 16.1. The summed E-state index contributed by atoms with van der Waals surface area (Å²) < 4.78 is 15.4. The van der Waals surface area contributed by atoms with Crippen molar-refractivity contribution in [1.82, 2.24) is 28.7 Å². The van der Waals surface area contributed by atoms with Gasteiger partial charge in [0.05, 0.1) is 30.9 Å². The molecule has 2 saturated heterocycles. The number of aryl methyl sites for hydroxylation is 1. The average molecular weight is 997 g/mol. The number of hydrogen-bond acceptors (Lipinski definition) is 9. The molecule has 384 valence electrons. The van der Waals surface area contributed by atoms with Gasteiger partial charge in [-0.05, 0) is 154 Å². The summed E-state index contributed by atoms with van der Waals surface area (Å²) in [5.74, 6) is 0.495. The predicted molar refractivity (Wildman–Crippen MR) is 286 cm³/mol. The van der Waals surface area contributed by atoms with E-state index in [1.54, 1.807) is 46.8 Å². The lowest BCUT2D eigenvalue weighted by Gasteiger charge is -2.41. The van der Waals surface area contributed by atoms with Gasteiger partial charge in [0, 0.05) is 99.8 Å². The number of nitriles is 1. The molecule has 0 radical (unpaired) electrons. The first-order chi connectivity index (χ1) is 35.8. The van der Waals surface area contributed by atoms with Crippen molar-refractivity contribution in [2.45, 2.75) is 78.4 Å². The molecule has 4 aromatic carbocycles. The lowest BCUT2D eigenvalue weighted by Crippen LogP contribution is -2.51. The number of aromatic nitrogens is 2. The number of nitrogens with zero attached hydrogens (tertiary/aromatic N) is 8. The van der Waals surface area contributed by atoms with Crippen LogP contribution in [0, 0.1) is 32.1 Å². The van der Waals surface area contributed by atoms with E-state index in [0.29, 0.717) is 66.6 Å². The van der Waals surface area contributed by atoms with Crippen LogP contribution < -0.4 is 9.64 Å². The quantitative estimate of drug-likeness (QED) is 0.121. The molecule has 6 heterocycles. The number of fused-ring (bicyclic) bond motifs is 2. The van der Waals surface area contributed by atoms with Gasteiger partial charge in [0.2, 0.25) is 5.91 Å². The zero-order valence-corrected chi connectivity index (χ0v) is 43.5. The molecule has 74 heavy (non-hydrogen) atoms. The highest BCUT2D eigenvalue weighted by molar-refractivity contribution is 6.13. The summed E-state index contributed by atoms with van der Waals surface area (Å²) in [5.41, 5.74) is 11.7. The molecule has 0 saturated carbocycles. The molecule has 14 heteroatoms. The monoisotopic (exact) mass is 997 g/mol. The van der Waals surface area contributed by atoms with Gasteiger partial charge in [-0.1, -0.05) is 36.8 Å². The Morgan fingerprint density at radius 1 is 0.770 bits per heavy atom. The van der Waals surface area contributed by atoms with Gasteiger partial charge in [-0.25, -0.2) is 0 Å². The molecule has 0 spiro atoms. The second kappa shape index (κ2) is 21.7. The molecular formula is C60H68N8O6. The number of amides is 3. The van der Waals surface area contributed by atoms with Crippen LogP contribution in [0.1, 0.15) is 90.4 Å². The minimum Gasteiger partial charge on any atom is -0.508 e. The average Bonchev–Trinajstić information content (AvgIpc) is 3.88. The topological polar surface area (TPSA) is 140 Å². The van der Waals surface area contributed by atoms with Gasteiger partial charge in [-0.3, -0.25) is 24.2 Å². The van der Waals surface area contributed by atoms with E-state index in [-0.39, 0.29) is 35.9 Å². The minimum atomic E-state index is -0.316. The van der Waals surface area contributed by atoms with Crippen LogP contribution in [-0.4, -0.2) is 123 Å². The van der Waals surface area contributed by atoms with Crippen molar-refractivity contribution in [3.8, 4) is 28.8 Å². The molecule has 4 aliphatic heterocycles. The Morgan fingerprint density at radius 2 is 1.53 bits per heavy atom. The van der Waals surface area contributed by atoms with E-state index in [1.807, 2.05) is 73.7 Å². The molecule has 2 fully saturated rings. The van der Waals surface area contributed by atoms with Crippen LogP contribution >= 0.6 is 0 Å². The number of carbonyl (C=O) groups is 3. The number of piperidine rings is 1. The fraction of sp³-hybridized carbons (Fsp3) is 0.400. The van der Waals surface area contributed by atoms with Crippen LogP contribution in [-0.2, 0) is 56.0 Å². The number of benzene rings is 4. The number of aromatic hydroxyl groups is 1. The molecule has 1 N–H and O–H groups in total. The lowest BCUT2D eigenvalue weighted by molar-refractivity contribution is -0.131. The second-order valence-electron chi connectivity index (χ2n) is 20.6. The van der Waals surface area contributed by atoms with Crippen molar-refractivity contribution in [3.63, 3.8) is 0 Å². The molecule has 0 unspecified atom stereocenters. The first-order valence-electron chi connectivity index (χ1n) is 26.3. The van der Waals surface area contributed by atoms with Crippen molar-refractivity contribution in [3.05, 3.63) is 153 Å². The molecule has 6 aromatic rings. The highest BCUT2D eigenvalue weighted by Crippen LogP contribution is 2.39. The van der Waals surface area contributed by atoms with E-state index in [0.717, 1.165) is 122 Å². The maximum Gasteiger partial charge on any atom is 0.264 e. The standard InChI is InChI=1S/C60H68N8O6/c1-40-29-52(74-28-25-64-23-26-73-27-24-64)18-13-43(40)33-58(70)66-22-19-45-31-54(55(32-47(45)37-66)59(71)67-38-46-12-8-7-11-44(46)30-50(67)39-65-20-9-6-10-21-65)57-35-53(41(2)63(57)5)60(72)68(48-14-16-51(69)17-15-48)56-34-49(36-61)62(4)42(56)3/h7-8,11-18,29,31-32,34-35,50,69H,6,9-10,19-28,30,33,37-39H2,1-5H3/t50-/m0/s1. The Hall–Kier alpha value is -7.18. The van der Waals surface area contributed by atoms with Gasteiger partial charge in [0.1, 0.15) is 29.9 Å². The SMILES string of the molecule is Cc1cc(OCCN2CCOCC2)ccc1CC(=O)N1CCc2cc(-c3cc(C(=O)N(c4ccc(O)cc4)c4cc(C#N)n(C)c4C)c(C)n3C)c(C(=O)N3Cc4ccccc4C[C@H]3CN3CCCCC3)cc2C1. The summed E-state index contributed by atoms with van der Waals surface area (Å²) in [5, 5.41) is 20.3. The van der Waals surface area contributed by atoms with Gasteiger partial charge in [-0.2, -0.15) is 5.26 Å². The molecule has 1 atom stereocenters. The van der Waals surface area contributed by atoms with E-state index in [9.17, 15) is 15.2 Å². The number of hydrogen-bond donors (Lipinski definition) is 1. The summed E-state index contributed by atoms with van der Waals surface area (Å²) in [4.78, 5) is 55.8. The van der Waals surface area contributed by atoms with Gasteiger partial charge in [0.25, 0.3) is 11.8 Å². The third kappa shape index (κ3) is 10.3. The summed E-state index contributed by atoms with van der Waals surface area (Å²) in [6.07, 6.45) is 5.13. The largest absolute Gasteiger partial charge is 0.508 e. The Morgan fingerprint density at radius 3 is 2.26 bits per heavy atom. The second-order valence-corrected chi connectivity index (χ2v) is 20.6. The minimum absolute atomic E-state index is 0.0286. The Balaban J connectivity index is 0.993. The number of rotatable bonds is 13. The fourth-order valence-electron chi connectivity index (χ4n) is 11.4.